The van der Waals surface area contributed by atoms with Crippen molar-refractivity contribution in [1.29, 1.82) is 0 Å². The molecule has 0 aliphatic carbocycles. The average Bonchev–Trinajstić information content (AvgIpc) is 3.74. The number of hydrogen-bond acceptors (Lipinski definition) is 4. The molecule has 0 bridgehead atoms. The van der Waals surface area contributed by atoms with Crippen molar-refractivity contribution in [3.05, 3.63) is 141 Å². The summed E-state index contributed by atoms with van der Waals surface area (Å²) in [6.07, 6.45) is 15.2. The van der Waals surface area contributed by atoms with Crippen molar-refractivity contribution in [3.8, 4) is 17.1 Å². The van der Waals surface area contributed by atoms with Crippen molar-refractivity contribution in [2.45, 2.75) is 0 Å². The van der Waals surface area contributed by atoms with Crippen LogP contribution in [0.5, 0.6) is 0 Å². The summed E-state index contributed by atoms with van der Waals surface area (Å²) in [5.41, 5.74) is 9.83. The molecular formula is C38H23N7. The molecule has 7 nitrogen and oxygen atoms in total. The number of para-hydroxylation sites is 2. The maximum Gasteiger partial charge on any atom is 0.0784 e. The number of pyridine rings is 4. The Hall–Kier alpha value is -6.34. The molecule has 210 valence electrons. The van der Waals surface area contributed by atoms with Gasteiger partial charge in [-0.15, -0.1) is 0 Å². The number of benzene rings is 3. The summed E-state index contributed by atoms with van der Waals surface area (Å²) in [5.74, 6) is 0. The summed E-state index contributed by atoms with van der Waals surface area (Å²) in [5, 5.41) is 6.63. The third kappa shape index (κ3) is 3.29. The first-order chi connectivity index (χ1) is 22.4. The molecule has 0 spiro atoms. The molecule has 0 atom stereocenters. The number of aromatic nitrogens is 7. The van der Waals surface area contributed by atoms with E-state index in [1.165, 1.54) is 5.39 Å². The third-order valence-corrected chi connectivity index (χ3v) is 8.98. The Morgan fingerprint density at radius 2 is 0.844 bits per heavy atom. The normalized spacial score (nSPS) is 12.0. The van der Waals surface area contributed by atoms with Gasteiger partial charge in [-0.05, 0) is 54.6 Å². The van der Waals surface area contributed by atoms with E-state index < -0.39 is 0 Å². The number of rotatable bonds is 3. The van der Waals surface area contributed by atoms with Crippen LogP contribution in [0.4, 0.5) is 0 Å². The molecule has 0 saturated heterocycles. The molecule has 0 aliphatic rings. The minimum atomic E-state index is 1.06. The van der Waals surface area contributed by atoms with Crippen LogP contribution in [0.3, 0.4) is 0 Å². The van der Waals surface area contributed by atoms with E-state index in [4.69, 9.17) is 0 Å². The Morgan fingerprint density at radius 3 is 1.42 bits per heavy atom. The van der Waals surface area contributed by atoms with Crippen LogP contribution in [0.2, 0.25) is 0 Å². The van der Waals surface area contributed by atoms with Crippen molar-refractivity contribution in [3.63, 3.8) is 0 Å². The predicted octanol–water partition coefficient (Wildman–Crippen LogP) is 8.56. The third-order valence-electron chi connectivity index (χ3n) is 8.98. The van der Waals surface area contributed by atoms with Gasteiger partial charge in [0.2, 0.25) is 0 Å². The molecule has 10 aromatic rings. The molecule has 7 heteroatoms. The topological polar surface area (TPSA) is 66.3 Å². The first-order valence-electron chi connectivity index (χ1n) is 14.9. The van der Waals surface area contributed by atoms with E-state index >= 15 is 0 Å². The zero-order chi connectivity index (χ0) is 29.5. The number of hydrogen-bond donors (Lipinski definition) is 0. The van der Waals surface area contributed by atoms with E-state index in [1.54, 1.807) is 0 Å². The van der Waals surface area contributed by atoms with Gasteiger partial charge in [0, 0.05) is 93.3 Å². The van der Waals surface area contributed by atoms with Gasteiger partial charge < -0.3 is 13.7 Å². The van der Waals surface area contributed by atoms with E-state index in [0.717, 1.165) is 77.1 Å². The van der Waals surface area contributed by atoms with Gasteiger partial charge in [0.1, 0.15) is 0 Å². The molecule has 0 unspecified atom stereocenters. The summed E-state index contributed by atoms with van der Waals surface area (Å²) in [4.78, 5) is 17.9. The van der Waals surface area contributed by atoms with Crippen LogP contribution in [0.25, 0.3) is 82.5 Å². The Kier molecular flexibility index (Phi) is 4.87. The van der Waals surface area contributed by atoms with Crippen LogP contribution in [0.15, 0.2) is 141 Å². The molecule has 45 heavy (non-hydrogen) atoms. The quantitative estimate of drug-likeness (QED) is 0.211. The molecule has 0 aliphatic heterocycles. The lowest BCUT2D eigenvalue weighted by molar-refractivity contribution is 1.11. The maximum absolute atomic E-state index is 4.50. The first-order valence-corrected chi connectivity index (χ1v) is 14.9. The molecule has 10 rings (SSSR count). The Labute approximate surface area is 256 Å². The lowest BCUT2D eigenvalue weighted by Gasteiger charge is -2.17. The standard InChI is InChI=1S/C38H23N7/c1-2-6-24(7-3-1)44-32-9-5-4-8-26(32)27-18-25(43-33-10-14-39-20-28(33)29-21-40-15-11-34(29)43)19-37(38(27)44)45-35-12-16-41-22-30(35)31-23-42-17-13-36(31)45/h1-23H. The predicted molar refractivity (Wildman–Crippen MR) is 181 cm³/mol. The van der Waals surface area contributed by atoms with Crippen molar-refractivity contribution in [2.75, 3.05) is 0 Å². The zero-order valence-corrected chi connectivity index (χ0v) is 23.9. The lowest BCUT2D eigenvalue weighted by atomic mass is 10.1. The largest absolute Gasteiger partial charge is 0.309 e. The average molecular weight is 578 g/mol. The fraction of sp³-hybridized carbons (Fsp3) is 0. The van der Waals surface area contributed by atoms with E-state index in [0.29, 0.717) is 0 Å². The van der Waals surface area contributed by atoms with Gasteiger partial charge in [-0.1, -0.05) is 36.4 Å². The Bertz CT molecular complexity index is 2660. The van der Waals surface area contributed by atoms with Crippen molar-refractivity contribution >= 4 is 65.4 Å². The van der Waals surface area contributed by atoms with E-state index in [-0.39, 0.29) is 0 Å². The van der Waals surface area contributed by atoms with Gasteiger partial charge in [0.25, 0.3) is 0 Å². The van der Waals surface area contributed by atoms with Crippen LogP contribution in [0.1, 0.15) is 0 Å². The van der Waals surface area contributed by atoms with Crippen LogP contribution < -0.4 is 0 Å². The molecule has 7 aromatic heterocycles. The van der Waals surface area contributed by atoms with Crippen molar-refractivity contribution < 1.29 is 0 Å². The second kappa shape index (κ2) is 9.08. The minimum Gasteiger partial charge on any atom is -0.309 e. The smallest absolute Gasteiger partial charge is 0.0784 e. The summed E-state index contributed by atoms with van der Waals surface area (Å²) in [7, 11) is 0. The minimum absolute atomic E-state index is 1.06. The molecule has 0 saturated carbocycles. The Balaban J connectivity index is 1.46. The molecule has 3 aromatic carbocycles. The highest BCUT2D eigenvalue weighted by atomic mass is 15.1. The van der Waals surface area contributed by atoms with Gasteiger partial charge >= 0.3 is 0 Å². The SMILES string of the molecule is c1ccc(-n2c3ccccc3c3cc(-n4c5ccncc5c5cnccc54)cc(-n4c5ccncc5c5cnccc54)c32)cc1. The number of nitrogens with zero attached hydrogens (tertiary/aromatic N) is 7. The Morgan fingerprint density at radius 1 is 0.356 bits per heavy atom. The van der Waals surface area contributed by atoms with Gasteiger partial charge in [-0.3, -0.25) is 19.9 Å². The van der Waals surface area contributed by atoms with Crippen molar-refractivity contribution in [2.24, 2.45) is 0 Å². The second-order valence-corrected chi connectivity index (χ2v) is 11.3. The summed E-state index contributed by atoms with van der Waals surface area (Å²) in [6.45, 7) is 0. The van der Waals surface area contributed by atoms with Gasteiger partial charge in [-0.25, -0.2) is 0 Å². The molecule has 0 fully saturated rings. The van der Waals surface area contributed by atoms with Crippen LogP contribution >= 0.6 is 0 Å². The summed E-state index contributed by atoms with van der Waals surface area (Å²) in [6, 6.07) is 32.3. The van der Waals surface area contributed by atoms with Gasteiger partial charge in [0.15, 0.2) is 0 Å². The monoisotopic (exact) mass is 577 g/mol. The van der Waals surface area contributed by atoms with Crippen LogP contribution in [-0.4, -0.2) is 33.6 Å². The van der Waals surface area contributed by atoms with Crippen LogP contribution in [-0.2, 0) is 0 Å². The van der Waals surface area contributed by atoms with Crippen LogP contribution in [0, 0.1) is 0 Å². The summed E-state index contributed by atoms with van der Waals surface area (Å²) < 4.78 is 7.10. The summed E-state index contributed by atoms with van der Waals surface area (Å²) >= 11 is 0. The zero-order valence-electron chi connectivity index (χ0n) is 23.9. The van der Waals surface area contributed by atoms with Crippen molar-refractivity contribution in [1.82, 2.24) is 33.6 Å². The highest BCUT2D eigenvalue weighted by molar-refractivity contribution is 6.16. The highest BCUT2D eigenvalue weighted by Crippen LogP contribution is 2.42. The molecule has 7 heterocycles. The lowest BCUT2D eigenvalue weighted by Crippen LogP contribution is -2.03. The molecule has 0 N–H and O–H groups in total. The van der Waals surface area contributed by atoms with E-state index in [2.05, 4.69) is 125 Å². The number of fused-ring (bicyclic) bond motifs is 9. The fourth-order valence-electron chi connectivity index (χ4n) is 7.16. The molecule has 0 amide bonds. The fourth-order valence-corrected chi connectivity index (χ4v) is 7.16. The van der Waals surface area contributed by atoms with E-state index in [9.17, 15) is 0 Å². The maximum atomic E-state index is 4.50. The van der Waals surface area contributed by atoms with Gasteiger partial charge in [0.05, 0.1) is 38.8 Å². The molecular weight excluding hydrogens is 554 g/mol. The highest BCUT2D eigenvalue weighted by Gasteiger charge is 2.23. The first kappa shape index (κ1) is 24.1. The second-order valence-electron chi connectivity index (χ2n) is 11.3. The molecule has 0 radical (unpaired) electrons. The van der Waals surface area contributed by atoms with Gasteiger partial charge in [-0.2, -0.15) is 0 Å². The van der Waals surface area contributed by atoms with E-state index in [1.807, 2.05) is 49.6 Å².